The minimum Gasteiger partial charge on any atom is -0.351 e. The van der Waals surface area contributed by atoms with Crippen molar-refractivity contribution in [3.8, 4) is 0 Å². The number of amides is 1. The molecule has 5 heteroatoms. The van der Waals surface area contributed by atoms with Crippen molar-refractivity contribution < 1.29 is 4.79 Å². The number of nitrogens with one attached hydrogen (secondary N) is 1. The topological polar surface area (TPSA) is 46.4 Å². The number of aromatic nitrogens is 2. The van der Waals surface area contributed by atoms with E-state index in [0.717, 1.165) is 34.2 Å². The maximum Gasteiger partial charge on any atom is 0.270 e. The average molecular weight is 352 g/mol. The summed E-state index contributed by atoms with van der Waals surface area (Å²) in [7, 11) is 0. The number of carbonyl (C=O) groups is 1. The summed E-state index contributed by atoms with van der Waals surface area (Å²) in [6.07, 6.45) is 3.63. The van der Waals surface area contributed by atoms with E-state index in [1.165, 1.54) is 0 Å². The van der Waals surface area contributed by atoms with Gasteiger partial charge in [-0.05, 0) is 53.2 Å². The van der Waals surface area contributed by atoms with Crippen LogP contribution in [0.4, 0.5) is 0 Å². The molecule has 0 radical (unpaired) electrons. The first kappa shape index (κ1) is 16.0. The maximum absolute atomic E-state index is 12.5. The van der Waals surface area contributed by atoms with E-state index < -0.39 is 0 Å². The number of fused-ring (bicyclic) bond motifs is 1. The zero-order valence-corrected chi connectivity index (χ0v) is 14.6. The summed E-state index contributed by atoms with van der Waals surface area (Å²) < 4.78 is 2.84. The van der Waals surface area contributed by atoms with Crippen LogP contribution < -0.4 is 5.32 Å². The SMILES string of the molecule is CCc1nc2c(C)cc(Br)cn2c1C(=O)NCCC(C)C. The fraction of sp³-hybridized carbons (Fsp3) is 0.500. The molecule has 2 aromatic heterocycles. The Bertz CT molecular complexity index is 661. The largest absolute Gasteiger partial charge is 0.351 e. The summed E-state index contributed by atoms with van der Waals surface area (Å²) in [5.74, 6) is 0.534. The Morgan fingerprint density at radius 2 is 2.19 bits per heavy atom. The van der Waals surface area contributed by atoms with Crippen molar-refractivity contribution in [2.24, 2.45) is 5.92 Å². The lowest BCUT2D eigenvalue weighted by molar-refractivity contribution is 0.0945. The Balaban J connectivity index is 2.39. The van der Waals surface area contributed by atoms with Gasteiger partial charge in [-0.1, -0.05) is 20.8 Å². The van der Waals surface area contributed by atoms with Crippen molar-refractivity contribution in [2.75, 3.05) is 6.54 Å². The van der Waals surface area contributed by atoms with Gasteiger partial charge in [-0.15, -0.1) is 0 Å². The minimum atomic E-state index is -0.0440. The van der Waals surface area contributed by atoms with Gasteiger partial charge in [0.25, 0.3) is 5.91 Å². The van der Waals surface area contributed by atoms with Crippen LogP contribution in [-0.2, 0) is 6.42 Å². The second-order valence-corrected chi connectivity index (χ2v) is 6.65. The van der Waals surface area contributed by atoms with E-state index in [-0.39, 0.29) is 5.91 Å². The molecule has 0 atom stereocenters. The van der Waals surface area contributed by atoms with Crippen LogP contribution in [0.15, 0.2) is 16.7 Å². The van der Waals surface area contributed by atoms with Crippen molar-refractivity contribution in [1.82, 2.24) is 14.7 Å². The highest BCUT2D eigenvalue weighted by molar-refractivity contribution is 9.10. The van der Waals surface area contributed by atoms with Gasteiger partial charge < -0.3 is 5.32 Å². The minimum absolute atomic E-state index is 0.0440. The van der Waals surface area contributed by atoms with Crippen molar-refractivity contribution >= 4 is 27.5 Å². The number of carbonyl (C=O) groups excluding carboxylic acids is 1. The molecule has 0 spiro atoms. The number of hydrogen-bond acceptors (Lipinski definition) is 2. The first-order valence-electron chi connectivity index (χ1n) is 7.39. The summed E-state index contributed by atoms with van der Waals surface area (Å²) in [6, 6.07) is 2.02. The molecule has 4 nitrogen and oxygen atoms in total. The van der Waals surface area contributed by atoms with Crippen LogP contribution in [0.25, 0.3) is 5.65 Å². The summed E-state index contributed by atoms with van der Waals surface area (Å²) in [4.78, 5) is 17.1. The molecule has 0 aliphatic rings. The second kappa shape index (κ2) is 6.60. The van der Waals surface area contributed by atoms with Crippen LogP contribution in [0.2, 0.25) is 0 Å². The smallest absolute Gasteiger partial charge is 0.270 e. The van der Waals surface area contributed by atoms with Crippen LogP contribution in [0.3, 0.4) is 0 Å². The lowest BCUT2D eigenvalue weighted by Crippen LogP contribution is -2.27. The molecular formula is C16H22BrN3O. The zero-order chi connectivity index (χ0) is 15.6. The van der Waals surface area contributed by atoms with E-state index >= 15 is 0 Å². The Kier molecular flexibility index (Phi) is 5.04. The van der Waals surface area contributed by atoms with Crippen molar-refractivity contribution in [1.29, 1.82) is 0 Å². The van der Waals surface area contributed by atoms with Gasteiger partial charge in [0, 0.05) is 17.2 Å². The van der Waals surface area contributed by atoms with Crippen LogP contribution in [0, 0.1) is 12.8 Å². The molecule has 1 N–H and O–H groups in total. The summed E-state index contributed by atoms with van der Waals surface area (Å²) >= 11 is 3.49. The molecule has 0 aliphatic heterocycles. The molecule has 2 heterocycles. The van der Waals surface area contributed by atoms with Gasteiger partial charge in [-0.3, -0.25) is 9.20 Å². The highest BCUT2D eigenvalue weighted by Gasteiger charge is 2.19. The molecule has 0 fully saturated rings. The number of aryl methyl sites for hydroxylation is 2. The Morgan fingerprint density at radius 3 is 2.81 bits per heavy atom. The lowest BCUT2D eigenvalue weighted by Gasteiger charge is -2.08. The van der Waals surface area contributed by atoms with Gasteiger partial charge in [-0.2, -0.15) is 0 Å². The molecule has 114 valence electrons. The van der Waals surface area contributed by atoms with Crippen LogP contribution >= 0.6 is 15.9 Å². The van der Waals surface area contributed by atoms with E-state index in [1.807, 2.05) is 30.5 Å². The van der Waals surface area contributed by atoms with E-state index in [2.05, 4.69) is 40.1 Å². The standard InChI is InChI=1S/C16H22BrN3O/c1-5-13-14(16(21)18-7-6-10(2)3)20-9-12(17)8-11(4)15(20)19-13/h8-10H,5-7H2,1-4H3,(H,18,21). The predicted octanol–water partition coefficient (Wildman–Crippen LogP) is 3.74. The van der Waals surface area contributed by atoms with Crippen LogP contribution in [0.5, 0.6) is 0 Å². The van der Waals surface area contributed by atoms with Gasteiger partial charge in [0.2, 0.25) is 0 Å². The predicted molar refractivity (Wildman–Crippen MR) is 88.8 cm³/mol. The molecule has 0 saturated carbocycles. The molecular weight excluding hydrogens is 330 g/mol. The first-order valence-corrected chi connectivity index (χ1v) is 8.18. The van der Waals surface area contributed by atoms with Crippen LogP contribution in [-0.4, -0.2) is 21.8 Å². The molecule has 1 amide bonds. The van der Waals surface area contributed by atoms with Gasteiger partial charge in [0.1, 0.15) is 11.3 Å². The number of halogens is 1. The Morgan fingerprint density at radius 1 is 1.48 bits per heavy atom. The molecule has 0 aromatic carbocycles. The monoisotopic (exact) mass is 351 g/mol. The Hall–Kier alpha value is -1.36. The molecule has 21 heavy (non-hydrogen) atoms. The third-order valence-corrected chi connectivity index (χ3v) is 3.93. The molecule has 2 aromatic rings. The molecule has 0 bridgehead atoms. The number of pyridine rings is 1. The average Bonchev–Trinajstić information content (AvgIpc) is 2.76. The third-order valence-electron chi connectivity index (χ3n) is 3.50. The highest BCUT2D eigenvalue weighted by Crippen LogP contribution is 2.21. The fourth-order valence-electron chi connectivity index (χ4n) is 2.36. The lowest BCUT2D eigenvalue weighted by atomic mass is 10.1. The Labute approximate surface area is 134 Å². The molecule has 2 rings (SSSR count). The van der Waals surface area contributed by atoms with E-state index in [1.54, 1.807) is 0 Å². The maximum atomic E-state index is 12.5. The van der Waals surface area contributed by atoms with Crippen molar-refractivity contribution in [3.63, 3.8) is 0 Å². The quantitative estimate of drug-likeness (QED) is 0.891. The van der Waals surface area contributed by atoms with E-state index in [9.17, 15) is 4.79 Å². The molecule has 0 aliphatic carbocycles. The van der Waals surface area contributed by atoms with Crippen molar-refractivity contribution in [2.45, 2.75) is 40.5 Å². The fourth-order valence-corrected chi connectivity index (χ4v) is 2.91. The number of rotatable bonds is 5. The summed E-state index contributed by atoms with van der Waals surface area (Å²) in [6.45, 7) is 9.03. The van der Waals surface area contributed by atoms with Gasteiger partial charge in [0.15, 0.2) is 0 Å². The highest BCUT2D eigenvalue weighted by atomic mass is 79.9. The molecule has 0 saturated heterocycles. The number of hydrogen-bond donors (Lipinski definition) is 1. The van der Waals surface area contributed by atoms with Crippen molar-refractivity contribution in [3.05, 3.63) is 33.7 Å². The van der Waals surface area contributed by atoms with Gasteiger partial charge in [0.05, 0.1) is 5.69 Å². The number of imidazole rings is 1. The summed E-state index contributed by atoms with van der Waals surface area (Å²) in [5, 5.41) is 3.01. The number of nitrogens with zero attached hydrogens (tertiary/aromatic N) is 2. The van der Waals surface area contributed by atoms with Gasteiger partial charge in [-0.25, -0.2) is 4.98 Å². The van der Waals surface area contributed by atoms with E-state index in [4.69, 9.17) is 0 Å². The third kappa shape index (κ3) is 3.46. The van der Waals surface area contributed by atoms with Crippen LogP contribution in [0.1, 0.15) is 48.9 Å². The molecule has 0 unspecified atom stereocenters. The summed E-state index contributed by atoms with van der Waals surface area (Å²) in [5.41, 5.74) is 3.41. The first-order chi connectivity index (χ1) is 9.93. The zero-order valence-electron chi connectivity index (χ0n) is 13.0. The van der Waals surface area contributed by atoms with Gasteiger partial charge >= 0.3 is 0 Å². The second-order valence-electron chi connectivity index (χ2n) is 5.73. The van der Waals surface area contributed by atoms with E-state index in [0.29, 0.717) is 18.2 Å². The normalized spacial score (nSPS) is 11.3.